The third-order valence-corrected chi connectivity index (χ3v) is 7.00. The number of benzene rings is 2. The van der Waals surface area contributed by atoms with Gasteiger partial charge in [-0.15, -0.1) is 0 Å². The maximum Gasteiger partial charge on any atom is 0.262 e. The molecule has 0 spiro atoms. The largest absolute Gasteiger partial charge is 0.459 e. The van der Waals surface area contributed by atoms with Gasteiger partial charge < -0.3 is 4.42 Å². The van der Waals surface area contributed by atoms with Crippen molar-refractivity contribution in [1.29, 1.82) is 0 Å². The first-order valence-electron chi connectivity index (χ1n) is 9.06. The summed E-state index contributed by atoms with van der Waals surface area (Å²) in [5.74, 6) is 0.625. The molecule has 4 rings (SSSR count). The van der Waals surface area contributed by atoms with Crippen LogP contribution >= 0.6 is 11.6 Å². The Morgan fingerprint density at radius 2 is 1.71 bits per heavy atom. The van der Waals surface area contributed by atoms with Crippen LogP contribution in [0.2, 0.25) is 5.02 Å². The summed E-state index contributed by atoms with van der Waals surface area (Å²) in [4.78, 5) is 12.6. The van der Waals surface area contributed by atoms with Crippen LogP contribution in [0.5, 0.6) is 0 Å². The lowest BCUT2D eigenvalue weighted by atomic mass is 9.94. The first kappa shape index (κ1) is 19.0. The van der Waals surface area contributed by atoms with Gasteiger partial charge in [0.15, 0.2) is 11.4 Å². The van der Waals surface area contributed by atoms with Crippen LogP contribution in [0.4, 0.5) is 5.69 Å². The number of halogens is 1. The Bertz CT molecular complexity index is 1220. The summed E-state index contributed by atoms with van der Waals surface area (Å²) >= 11 is 6.35. The van der Waals surface area contributed by atoms with Crippen LogP contribution in [0, 0.1) is 20.8 Å². The van der Waals surface area contributed by atoms with E-state index in [9.17, 15) is 13.2 Å². The van der Waals surface area contributed by atoms with Gasteiger partial charge in [0.05, 0.1) is 21.2 Å². The fraction of sp³-hybridized carbons (Fsp3) is 0.286. The third kappa shape index (κ3) is 3.10. The Morgan fingerprint density at radius 1 is 1.04 bits per heavy atom. The smallest absolute Gasteiger partial charge is 0.262 e. The fourth-order valence-electron chi connectivity index (χ4n) is 4.08. The van der Waals surface area contributed by atoms with Gasteiger partial charge in [0.2, 0.25) is 0 Å². The van der Waals surface area contributed by atoms with Crippen LogP contribution < -0.4 is 4.72 Å². The molecule has 0 fully saturated rings. The van der Waals surface area contributed by atoms with Crippen LogP contribution in [0.15, 0.2) is 33.6 Å². The van der Waals surface area contributed by atoms with Gasteiger partial charge in [-0.1, -0.05) is 29.3 Å². The second kappa shape index (κ2) is 6.64. The van der Waals surface area contributed by atoms with Crippen molar-refractivity contribution in [1.82, 2.24) is 0 Å². The van der Waals surface area contributed by atoms with E-state index in [1.165, 1.54) is 6.07 Å². The van der Waals surface area contributed by atoms with Crippen molar-refractivity contribution in [3.05, 3.63) is 57.3 Å². The molecule has 1 aliphatic rings. The van der Waals surface area contributed by atoms with Crippen LogP contribution in [-0.4, -0.2) is 14.2 Å². The molecule has 7 heteroatoms. The molecule has 0 saturated heterocycles. The molecule has 0 amide bonds. The van der Waals surface area contributed by atoms with Gasteiger partial charge >= 0.3 is 0 Å². The minimum atomic E-state index is -3.82. The zero-order chi connectivity index (χ0) is 20.2. The summed E-state index contributed by atoms with van der Waals surface area (Å²) in [7, 11) is -3.82. The number of carbonyl (C=O) groups is 1. The molecular formula is C21H20ClNO4S. The molecule has 1 heterocycles. The van der Waals surface area contributed by atoms with Crippen molar-refractivity contribution in [2.45, 2.75) is 44.9 Å². The second-order valence-corrected chi connectivity index (χ2v) is 9.37. The van der Waals surface area contributed by atoms with E-state index in [0.29, 0.717) is 51.9 Å². The fourth-order valence-corrected chi connectivity index (χ4v) is 5.83. The van der Waals surface area contributed by atoms with E-state index in [1.807, 2.05) is 19.1 Å². The summed E-state index contributed by atoms with van der Waals surface area (Å²) < 4.78 is 34.5. The van der Waals surface area contributed by atoms with Crippen molar-refractivity contribution >= 4 is 44.1 Å². The molecule has 0 bridgehead atoms. The molecule has 5 nitrogen and oxygen atoms in total. The molecule has 28 heavy (non-hydrogen) atoms. The number of Topliss-reactive ketones (excluding diaryl/α,β-unsaturated/α-hetero) is 1. The van der Waals surface area contributed by atoms with Crippen molar-refractivity contribution in [3.63, 3.8) is 0 Å². The highest BCUT2D eigenvalue weighted by Crippen LogP contribution is 2.38. The third-order valence-electron chi connectivity index (χ3n) is 5.03. The van der Waals surface area contributed by atoms with Gasteiger partial charge in [0.25, 0.3) is 10.0 Å². The number of carbonyl (C=O) groups excluding carboxylic acids is 1. The summed E-state index contributed by atoms with van der Waals surface area (Å²) in [6, 6.07) is 6.81. The number of furan rings is 1. The molecule has 146 valence electrons. The molecule has 1 aliphatic carbocycles. The van der Waals surface area contributed by atoms with Crippen molar-refractivity contribution in [2.75, 3.05) is 4.72 Å². The van der Waals surface area contributed by atoms with E-state index in [0.717, 1.165) is 12.0 Å². The standard InChI is InChI=1S/C21H20ClNO4S/c1-11-7-12(2)21(13(3)8-11)28(25,26)23-14-9-15-19-17(24)5-4-6-18(19)27-20(15)16(22)10-14/h7-10,23H,4-6H2,1-3H3. The van der Waals surface area contributed by atoms with Crippen molar-refractivity contribution in [3.8, 4) is 0 Å². The highest BCUT2D eigenvalue weighted by molar-refractivity contribution is 7.92. The van der Waals surface area contributed by atoms with Crippen LogP contribution in [-0.2, 0) is 16.4 Å². The van der Waals surface area contributed by atoms with Gasteiger partial charge in [-0.3, -0.25) is 9.52 Å². The number of hydrogen-bond acceptors (Lipinski definition) is 4. The summed E-state index contributed by atoms with van der Waals surface area (Å²) in [6.45, 7) is 5.47. The summed E-state index contributed by atoms with van der Waals surface area (Å²) in [5, 5.41) is 0.831. The number of sulfonamides is 1. The predicted octanol–water partition coefficient (Wildman–Crippen LogP) is 5.33. The summed E-state index contributed by atoms with van der Waals surface area (Å²) in [5.41, 5.74) is 3.60. The molecule has 0 atom stereocenters. The van der Waals surface area contributed by atoms with E-state index < -0.39 is 10.0 Å². The molecule has 2 aromatic carbocycles. The van der Waals surface area contributed by atoms with Gasteiger partial charge in [-0.2, -0.15) is 0 Å². The molecule has 1 aromatic heterocycles. The number of ketones is 1. The number of rotatable bonds is 3. The molecule has 1 N–H and O–H groups in total. The molecule has 0 saturated carbocycles. The number of anilines is 1. The molecular weight excluding hydrogens is 398 g/mol. The normalized spacial score (nSPS) is 14.4. The topological polar surface area (TPSA) is 76.4 Å². The molecule has 0 unspecified atom stereocenters. The summed E-state index contributed by atoms with van der Waals surface area (Å²) in [6.07, 6.45) is 1.88. The zero-order valence-corrected chi connectivity index (χ0v) is 17.4. The van der Waals surface area contributed by atoms with E-state index >= 15 is 0 Å². The van der Waals surface area contributed by atoms with Gasteiger partial charge in [0, 0.05) is 18.2 Å². The molecule has 0 radical (unpaired) electrons. The predicted molar refractivity (Wildman–Crippen MR) is 110 cm³/mol. The van der Waals surface area contributed by atoms with E-state index in [4.69, 9.17) is 16.0 Å². The Labute approximate surface area is 168 Å². The highest BCUT2D eigenvalue weighted by atomic mass is 35.5. The number of aryl methyl sites for hydroxylation is 4. The lowest BCUT2D eigenvalue weighted by Gasteiger charge is -2.14. The average molecular weight is 418 g/mol. The Hall–Kier alpha value is -2.31. The zero-order valence-electron chi connectivity index (χ0n) is 15.8. The number of fused-ring (bicyclic) bond motifs is 3. The van der Waals surface area contributed by atoms with Gasteiger partial charge in [-0.25, -0.2) is 8.42 Å². The Kier molecular flexibility index (Phi) is 4.51. The van der Waals surface area contributed by atoms with E-state index in [2.05, 4.69) is 4.72 Å². The maximum absolute atomic E-state index is 13.0. The van der Waals surface area contributed by atoms with Crippen LogP contribution in [0.25, 0.3) is 11.0 Å². The second-order valence-electron chi connectivity index (χ2n) is 7.35. The lowest BCUT2D eigenvalue weighted by molar-refractivity contribution is 0.0971. The van der Waals surface area contributed by atoms with Gasteiger partial charge in [-0.05, 0) is 50.5 Å². The van der Waals surface area contributed by atoms with Crippen molar-refractivity contribution in [2.24, 2.45) is 0 Å². The average Bonchev–Trinajstić information content (AvgIpc) is 2.93. The molecule has 3 aromatic rings. The first-order chi connectivity index (χ1) is 13.2. The quantitative estimate of drug-likeness (QED) is 0.624. The minimum Gasteiger partial charge on any atom is -0.459 e. The van der Waals surface area contributed by atoms with Gasteiger partial charge in [0.1, 0.15) is 5.76 Å². The maximum atomic E-state index is 13.0. The Balaban J connectivity index is 1.82. The number of hydrogen-bond donors (Lipinski definition) is 1. The van der Waals surface area contributed by atoms with E-state index in [-0.39, 0.29) is 15.7 Å². The SMILES string of the molecule is Cc1cc(C)c(S(=O)(=O)Nc2cc(Cl)c3oc4c(c3c2)C(=O)CCC4)c(C)c1. The van der Waals surface area contributed by atoms with Crippen LogP contribution in [0.1, 0.15) is 45.7 Å². The molecule has 0 aliphatic heterocycles. The first-order valence-corrected chi connectivity index (χ1v) is 10.9. The van der Waals surface area contributed by atoms with Crippen LogP contribution in [0.3, 0.4) is 0 Å². The minimum absolute atomic E-state index is 0.00120. The number of nitrogens with one attached hydrogen (secondary N) is 1. The van der Waals surface area contributed by atoms with E-state index in [1.54, 1.807) is 19.9 Å². The Morgan fingerprint density at radius 3 is 2.39 bits per heavy atom. The van der Waals surface area contributed by atoms with Crippen molar-refractivity contribution < 1.29 is 17.6 Å². The monoisotopic (exact) mass is 417 g/mol. The lowest BCUT2D eigenvalue weighted by Crippen LogP contribution is -2.16. The highest BCUT2D eigenvalue weighted by Gasteiger charge is 2.27.